The van der Waals surface area contributed by atoms with Crippen LogP contribution in [0.1, 0.15) is 0 Å². The molecule has 0 aliphatic rings. The molecule has 0 fully saturated rings. The third-order valence-corrected chi connectivity index (χ3v) is 5.52. The molecular weight excluding hydrogens is 432 g/mol. The van der Waals surface area contributed by atoms with Gasteiger partial charge in [0.25, 0.3) is 0 Å². The quantitative estimate of drug-likeness (QED) is 0.318. The summed E-state index contributed by atoms with van der Waals surface area (Å²) in [5.74, 6) is 1.79. The number of nitrogens with zero attached hydrogens (tertiary/aromatic N) is 5. The number of anilines is 1. The standard InChI is InChI=1S/C21H20N6O4S/c1-29-14-6-4-13(5-7-14)27-20-19(25-26-27)21(23-12-22-20)32-11-18(28)24-16-9-8-15(30-2)10-17(16)31-3/h4-10,12H,11H2,1-3H3,(H,24,28). The molecular formula is C21H20N6O4S. The van der Waals surface area contributed by atoms with Crippen LogP contribution >= 0.6 is 11.8 Å². The van der Waals surface area contributed by atoms with Gasteiger partial charge in [0.1, 0.15) is 28.6 Å². The van der Waals surface area contributed by atoms with Gasteiger partial charge >= 0.3 is 0 Å². The largest absolute Gasteiger partial charge is 0.497 e. The Morgan fingerprint density at radius 1 is 1.00 bits per heavy atom. The van der Waals surface area contributed by atoms with Crippen LogP contribution in [-0.2, 0) is 4.79 Å². The predicted molar refractivity (Wildman–Crippen MR) is 120 cm³/mol. The van der Waals surface area contributed by atoms with Crippen LogP contribution in [0.25, 0.3) is 16.9 Å². The molecule has 0 spiro atoms. The molecule has 11 heteroatoms. The highest BCUT2D eigenvalue weighted by Gasteiger charge is 2.16. The zero-order valence-electron chi connectivity index (χ0n) is 17.6. The van der Waals surface area contributed by atoms with Crippen molar-refractivity contribution in [1.82, 2.24) is 25.0 Å². The Morgan fingerprint density at radius 2 is 1.75 bits per heavy atom. The SMILES string of the molecule is COc1ccc(-n2nnc3c(SCC(=O)Nc4ccc(OC)cc4OC)ncnc32)cc1. The molecule has 4 rings (SSSR count). The number of rotatable bonds is 8. The van der Waals surface area contributed by atoms with E-state index in [9.17, 15) is 4.79 Å². The molecule has 2 heterocycles. The molecule has 2 aromatic heterocycles. The van der Waals surface area contributed by atoms with Gasteiger partial charge in [-0.3, -0.25) is 4.79 Å². The first-order valence-corrected chi connectivity index (χ1v) is 10.5. The Labute approximate surface area is 187 Å². The molecule has 4 aromatic rings. The fraction of sp³-hybridized carbons (Fsp3) is 0.190. The van der Waals surface area contributed by atoms with Gasteiger partial charge in [-0.05, 0) is 36.4 Å². The van der Waals surface area contributed by atoms with Crippen molar-refractivity contribution in [2.75, 3.05) is 32.4 Å². The summed E-state index contributed by atoms with van der Waals surface area (Å²) in [6, 6.07) is 12.6. The number of fused-ring (bicyclic) bond motifs is 1. The lowest BCUT2D eigenvalue weighted by molar-refractivity contribution is -0.113. The zero-order chi connectivity index (χ0) is 22.5. The number of amides is 1. The van der Waals surface area contributed by atoms with Crippen LogP contribution in [0.15, 0.2) is 53.8 Å². The summed E-state index contributed by atoms with van der Waals surface area (Å²) in [5.41, 5.74) is 2.40. The highest BCUT2D eigenvalue weighted by Crippen LogP contribution is 2.30. The maximum Gasteiger partial charge on any atom is 0.234 e. The van der Waals surface area contributed by atoms with Gasteiger partial charge in [0.15, 0.2) is 11.2 Å². The van der Waals surface area contributed by atoms with Crippen molar-refractivity contribution in [3.05, 3.63) is 48.8 Å². The molecule has 10 nitrogen and oxygen atoms in total. The van der Waals surface area contributed by atoms with E-state index in [0.717, 1.165) is 11.4 Å². The average Bonchev–Trinajstić information content (AvgIpc) is 3.28. The lowest BCUT2D eigenvalue weighted by atomic mass is 10.2. The van der Waals surface area contributed by atoms with E-state index in [1.54, 1.807) is 37.1 Å². The van der Waals surface area contributed by atoms with Gasteiger partial charge in [-0.15, -0.1) is 5.10 Å². The topological polar surface area (TPSA) is 113 Å². The third kappa shape index (κ3) is 4.42. The molecule has 164 valence electrons. The Bertz CT molecular complexity index is 1250. The minimum absolute atomic E-state index is 0.122. The second-order valence-electron chi connectivity index (χ2n) is 6.45. The Morgan fingerprint density at radius 3 is 2.47 bits per heavy atom. The molecule has 0 bridgehead atoms. The van der Waals surface area contributed by atoms with Crippen LogP contribution in [0.5, 0.6) is 17.2 Å². The highest BCUT2D eigenvalue weighted by atomic mass is 32.2. The molecule has 0 saturated carbocycles. The number of hydrogen-bond donors (Lipinski definition) is 1. The van der Waals surface area contributed by atoms with Crippen LogP contribution < -0.4 is 19.5 Å². The van der Waals surface area contributed by atoms with Gasteiger partial charge in [-0.1, -0.05) is 17.0 Å². The van der Waals surface area contributed by atoms with E-state index in [1.165, 1.54) is 25.2 Å². The number of thioether (sulfide) groups is 1. The van der Waals surface area contributed by atoms with Crippen molar-refractivity contribution in [3.63, 3.8) is 0 Å². The number of nitrogens with one attached hydrogen (secondary N) is 1. The molecule has 0 aliphatic carbocycles. The molecule has 0 aliphatic heterocycles. The second kappa shape index (κ2) is 9.52. The fourth-order valence-corrected chi connectivity index (χ4v) is 3.68. The van der Waals surface area contributed by atoms with Crippen LogP contribution in [0.4, 0.5) is 5.69 Å². The van der Waals surface area contributed by atoms with Crippen molar-refractivity contribution in [3.8, 4) is 22.9 Å². The lowest BCUT2D eigenvalue weighted by Gasteiger charge is -2.11. The third-order valence-electron chi connectivity index (χ3n) is 4.54. The smallest absolute Gasteiger partial charge is 0.234 e. The minimum Gasteiger partial charge on any atom is -0.497 e. The van der Waals surface area contributed by atoms with E-state index in [2.05, 4.69) is 25.6 Å². The maximum atomic E-state index is 12.5. The van der Waals surface area contributed by atoms with Gasteiger partial charge in [0.2, 0.25) is 5.91 Å². The Kier molecular flexibility index (Phi) is 6.36. The highest BCUT2D eigenvalue weighted by molar-refractivity contribution is 8.00. The summed E-state index contributed by atoms with van der Waals surface area (Å²) < 4.78 is 17.3. The number of benzene rings is 2. The van der Waals surface area contributed by atoms with Crippen LogP contribution in [0, 0.1) is 0 Å². The fourth-order valence-electron chi connectivity index (χ4n) is 2.95. The number of methoxy groups -OCH3 is 3. The van der Waals surface area contributed by atoms with E-state index in [0.29, 0.717) is 33.4 Å². The Hall–Kier alpha value is -3.86. The van der Waals surface area contributed by atoms with E-state index in [1.807, 2.05) is 24.3 Å². The van der Waals surface area contributed by atoms with Crippen LogP contribution in [-0.4, -0.2) is 58.0 Å². The monoisotopic (exact) mass is 452 g/mol. The first-order chi connectivity index (χ1) is 15.6. The summed E-state index contributed by atoms with van der Waals surface area (Å²) in [4.78, 5) is 21.1. The average molecular weight is 452 g/mol. The van der Waals surface area contributed by atoms with Gasteiger partial charge < -0.3 is 19.5 Å². The van der Waals surface area contributed by atoms with Gasteiger partial charge in [-0.25, -0.2) is 9.97 Å². The number of ether oxygens (including phenoxy) is 3. The predicted octanol–water partition coefficient (Wildman–Crippen LogP) is 2.97. The molecule has 0 saturated heterocycles. The Balaban J connectivity index is 1.49. The zero-order valence-corrected chi connectivity index (χ0v) is 18.4. The lowest BCUT2D eigenvalue weighted by Crippen LogP contribution is -2.15. The first kappa shape index (κ1) is 21.4. The second-order valence-corrected chi connectivity index (χ2v) is 7.42. The summed E-state index contributed by atoms with van der Waals surface area (Å²) in [6.07, 6.45) is 1.43. The normalized spacial score (nSPS) is 10.7. The molecule has 1 N–H and O–H groups in total. The van der Waals surface area contributed by atoms with Crippen molar-refractivity contribution in [2.24, 2.45) is 0 Å². The summed E-state index contributed by atoms with van der Waals surface area (Å²) in [5, 5.41) is 11.8. The summed E-state index contributed by atoms with van der Waals surface area (Å²) in [7, 11) is 4.71. The molecule has 1 amide bonds. The van der Waals surface area contributed by atoms with Gasteiger partial charge in [0, 0.05) is 6.07 Å². The van der Waals surface area contributed by atoms with E-state index >= 15 is 0 Å². The van der Waals surface area contributed by atoms with Crippen molar-refractivity contribution in [1.29, 1.82) is 0 Å². The van der Waals surface area contributed by atoms with Crippen LogP contribution in [0.2, 0.25) is 0 Å². The van der Waals surface area contributed by atoms with Crippen LogP contribution in [0.3, 0.4) is 0 Å². The summed E-state index contributed by atoms with van der Waals surface area (Å²) in [6.45, 7) is 0. The summed E-state index contributed by atoms with van der Waals surface area (Å²) >= 11 is 1.25. The van der Waals surface area contributed by atoms with E-state index in [4.69, 9.17) is 14.2 Å². The molecule has 0 unspecified atom stereocenters. The molecule has 0 radical (unpaired) electrons. The van der Waals surface area contributed by atoms with Gasteiger partial charge in [-0.2, -0.15) is 4.68 Å². The minimum atomic E-state index is -0.215. The molecule has 2 aromatic carbocycles. The van der Waals surface area contributed by atoms with Crippen molar-refractivity contribution < 1.29 is 19.0 Å². The van der Waals surface area contributed by atoms with E-state index in [-0.39, 0.29) is 11.7 Å². The molecule has 0 atom stereocenters. The first-order valence-electron chi connectivity index (χ1n) is 9.48. The molecule has 32 heavy (non-hydrogen) atoms. The number of aromatic nitrogens is 5. The van der Waals surface area contributed by atoms with Crippen molar-refractivity contribution >= 4 is 34.5 Å². The number of carbonyl (C=O) groups is 1. The maximum absolute atomic E-state index is 12.5. The van der Waals surface area contributed by atoms with Crippen molar-refractivity contribution in [2.45, 2.75) is 5.03 Å². The number of hydrogen-bond acceptors (Lipinski definition) is 9. The number of carbonyl (C=O) groups excluding carboxylic acids is 1. The van der Waals surface area contributed by atoms with E-state index < -0.39 is 0 Å². The van der Waals surface area contributed by atoms with Gasteiger partial charge in [0.05, 0.1) is 38.5 Å².